The van der Waals surface area contributed by atoms with Crippen LogP contribution in [0.2, 0.25) is 5.02 Å². The summed E-state index contributed by atoms with van der Waals surface area (Å²) in [5.74, 6) is 0.726. The molecule has 102 valence electrons. The van der Waals surface area contributed by atoms with Crippen molar-refractivity contribution in [2.75, 3.05) is 13.2 Å². The summed E-state index contributed by atoms with van der Waals surface area (Å²) < 4.78 is 11.1. The molecule has 0 amide bonds. The highest BCUT2D eigenvalue weighted by atomic mass is 35.5. The molecule has 0 spiro atoms. The van der Waals surface area contributed by atoms with Gasteiger partial charge in [0.25, 0.3) is 0 Å². The lowest BCUT2D eigenvalue weighted by Crippen LogP contribution is -2.19. The minimum absolute atomic E-state index is 0.0812. The number of para-hydroxylation sites is 1. The molecule has 0 saturated heterocycles. The zero-order valence-electron chi connectivity index (χ0n) is 11.3. The first-order valence-electron chi connectivity index (χ1n) is 6.28. The topological polar surface area (TPSA) is 44.5 Å². The quantitative estimate of drug-likeness (QED) is 0.776. The third-order valence-electron chi connectivity index (χ3n) is 2.37. The molecule has 0 heterocycles. The maximum atomic E-state index is 6.15. The smallest absolute Gasteiger partial charge is 0.141 e. The van der Waals surface area contributed by atoms with Gasteiger partial charge in [-0.05, 0) is 38.8 Å². The minimum atomic E-state index is 0.0812. The molecule has 0 aliphatic carbocycles. The van der Waals surface area contributed by atoms with Crippen LogP contribution in [0.15, 0.2) is 18.2 Å². The van der Waals surface area contributed by atoms with Gasteiger partial charge in [0.2, 0.25) is 0 Å². The van der Waals surface area contributed by atoms with E-state index in [-0.39, 0.29) is 12.1 Å². The molecule has 0 aliphatic rings. The molecule has 1 atom stereocenters. The molecule has 0 aromatic heterocycles. The highest BCUT2D eigenvalue weighted by Gasteiger charge is 2.10. The Morgan fingerprint density at radius 2 is 1.94 bits per heavy atom. The number of hydrogen-bond donors (Lipinski definition) is 1. The monoisotopic (exact) mass is 271 g/mol. The average molecular weight is 272 g/mol. The zero-order valence-corrected chi connectivity index (χ0v) is 12.0. The van der Waals surface area contributed by atoms with Crippen molar-refractivity contribution in [3.8, 4) is 5.75 Å². The second-order valence-corrected chi connectivity index (χ2v) is 5.08. The molecule has 0 saturated carbocycles. The lowest BCUT2D eigenvalue weighted by molar-refractivity contribution is 0.0551. The van der Waals surface area contributed by atoms with E-state index in [0.29, 0.717) is 18.2 Å². The van der Waals surface area contributed by atoms with Gasteiger partial charge in [-0.1, -0.05) is 23.7 Å². The number of nitrogens with two attached hydrogens (primary N) is 1. The molecule has 2 N–H and O–H groups in total. The van der Waals surface area contributed by atoms with Crippen LogP contribution >= 0.6 is 11.6 Å². The van der Waals surface area contributed by atoms with Gasteiger partial charge in [-0.3, -0.25) is 0 Å². The molecule has 4 heteroatoms. The van der Waals surface area contributed by atoms with Crippen molar-refractivity contribution in [1.82, 2.24) is 0 Å². The Balaban J connectivity index is 2.62. The Hall–Kier alpha value is -0.770. The van der Waals surface area contributed by atoms with Crippen LogP contribution in [-0.4, -0.2) is 25.4 Å². The van der Waals surface area contributed by atoms with E-state index in [1.165, 1.54) is 0 Å². The fraction of sp³-hybridized carbons (Fsp3) is 0.571. The van der Waals surface area contributed by atoms with E-state index in [4.69, 9.17) is 26.8 Å². The first-order valence-corrected chi connectivity index (χ1v) is 6.66. The van der Waals surface area contributed by atoms with E-state index in [2.05, 4.69) is 0 Å². The number of ether oxygens (including phenoxy) is 2. The molecule has 0 fully saturated rings. The van der Waals surface area contributed by atoms with Crippen molar-refractivity contribution in [3.63, 3.8) is 0 Å². The number of hydrogen-bond acceptors (Lipinski definition) is 3. The third kappa shape index (κ3) is 5.25. The Bertz CT molecular complexity index is 367. The van der Waals surface area contributed by atoms with Gasteiger partial charge in [0.05, 0.1) is 17.7 Å². The van der Waals surface area contributed by atoms with E-state index >= 15 is 0 Å². The van der Waals surface area contributed by atoms with Crippen molar-refractivity contribution in [2.45, 2.75) is 39.3 Å². The average Bonchev–Trinajstić information content (AvgIpc) is 2.26. The van der Waals surface area contributed by atoms with Crippen LogP contribution in [0, 0.1) is 0 Å². The summed E-state index contributed by atoms with van der Waals surface area (Å²) in [4.78, 5) is 0. The molecule has 18 heavy (non-hydrogen) atoms. The van der Waals surface area contributed by atoms with Gasteiger partial charge >= 0.3 is 0 Å². The summed E-state index contributed by atoms with van der Waals surface area (Å²) in [6.45, 7) is 7.01. The summed E-state index contributed by atoms with van der Waals surface area (Å²) in [7, 11) is 0. The van der Waals surface area contributed by atoms with E-state index in [0.717, 1.165) is 17.7 Å². The lowest BCUT2D eigenvalue weighted by atomic mass is 10.1. The molecular formula is C14H22ClNO2. The molecule has 0 radical (unpaired) electrons. The van der Waals surface area contributed by atoms with E-state index in [1.807, 2.05) is 39.0 Å². The Morgan fingerprint density at radius 1 is 1.22 bits per heavy atom. The van der Waals surface area contributed by atoms with Crippen LogP contribution in [0.1, 0.15) is 26.3 Å². The van der Waals surface area contributed by atoms with Crippen LogP contribution in [-0.2, 0) is 11.2 Å². The first-order chi connectivity index (χ1) is 8.50. The van der Waals surface area contributed by atoms with Gasteiger partial charge < -0.3 is 15.2 Å². The van der Waals surface area contributed by atoms with Gasteiger partial charge in [0, 0.05) is 6.04 Å². The normalized spacial score (nSPS) is 12.8. The molecular weight excluding hydrogens is 250 g/mol. The van der Waals surface area contributed by atoms with Crippen LogP contribution in [0.5, 0.6) is 5.75 Å². The number of benzene rings is 1. The van der Waals surface area contributed by atoms with Crippen molar-refractivity contribution >= 4 is 11.6 Å². The fourth-order valence-electron chi connectivity index (χ4n) is 1.65. The summed E-state index contributed by atoms with van der Waals surface area (Å²) in [5, 5.41) is 0.623. The Kier molecular flexibility index (Phi) is 6.47. The number of rotatable bonds is 7. The second-order valence-electron chi connectivity index (χ2n) is 4.68. The molecule has 1 aromatic carbocycles. The molecule has 0 bridgehead atoms. The van der Waals surface area contributed by atoms with Gasteiger partial charge in [0.15, 0.2) is 0 Å². The van der Waals surface area contributed by atoms with Gasteiger partial charge in [-0.25, -0.2) is 0 Å². The van der Waals surface area contributed by atoms with Crippen LogP contribution in [0.4, 0.5) is 0 Å². The lowest BCUT2D eigenvalue weighted by Gasteiger charge is -2.15. The van der Waals surface area contributed by atoms with E-state index < -0.39 is 0 Å². The van der Waals surface area contributed by atoms with E-state index in [1.54, 1.807) is 0 Å². The molecule has 1 unspecified atom stereocenters. The Morgan fingerprint density at radius 3 is 2.56 bits per heavy atom. The molecule has 0 aliphatic heterocycles. The standard InChI is InChI=1S/C14H22ClNO2/c1-10(2)17-7-8-18-14-12(9-11(3)16)5-4-6-13(14)15/h4-6,10-11H,7-9,16H2,1-3H3. The van der Waals surface area contributed by atoms with Crippen molar-refractivity contribution < 1.29 is 9.47 Å². The maximum absolute atomic E-state index is 6.15. The third-order valence-corrected chi connectivity index (χ3v) is 2.67. The van der Waals surface area contributed by atoms with Crippen LogP contribution < -0.4 is 10.5 Å². The summed E-state index contributed by atoms with van der Waals surface area (Å²) >= 11 is 6.15. The largest absolute Gasteiger partial charge is 0.489 e. The SMILES string of the molecule is CC(N)Cc1cccc(Cl)c1OCCOC(C)C. The Labute approximate surface area is 114 Å². The van der Waals surface area contributed by atoms with Crippen molar-refractivity contribution in [2.24, 2.45) is 5.73 Å². The fourth-order valence-corrected chi connectivity index (χ4v) is 1.90. The first kappa shape index (κ1) is 15.3. The summed E-state index contributed by atoms with van der Waals surface area (Å²) in [6, 6.07) is 5.81. The van der Waals surface area contributed by atoms with Crippen molar-refractivity contribution in [3.05, 3.63) is 28.8 Å². The summed E-state index contributed by atoms with van der Waals surface area (Å²) in [5.41, 5.74) is 6.86. The van der Waals surface area contributed by atoms with Gasteiger partial charge in [0.1, 0.15) is 12.4 Å². The van der Waals surface area contributed by atoms with E-state index in [9.17, 15) is 0 Å². The van der Waals surface area contributed by atoms with Crippen molar-refractivity contribution in [1.29, 1.82) is 0 Å². The maximum Gasteiger partial charge on any atom is 0.141 e. The summed E-state index contributed by atoms with van der Waals surface area (Å²) in [6.07, 6.45) is 0.962. The minimum Gasteiger partial charge on any atom is -0.489 e. The number of halogens is 1. The predicted molar refractivity (Wildman–Crippen MR) is 75.4 cm³/mol. The molecule has 1 aromatic rings. The second kappa shape index (κ2) is 7.62. The highest BCUT2D eigenvalue weighted by molar-refractivity contribution is 6.32. The van der Waals surface area contributed by atoms with Gasteiger partial charge in [-0.2, -0.15) is 0 Å². The molecule has 1 rings (SSSR count). The predicted octanol–water partition coefficient (Wildman–Crippen LogP) is 3.03. The molecule has 3 nitrogen and oxygen atoms in total. The zero-order chi connectivity index (χ0) is 13.5. The highest BCUT2D eigenvalue weighted by Crippen LogP contribution is 2.29. The van der Waals surface area contributed by atoms with Crippen LogP contribution in [0.3, 0.4) is 0 Å². The van der Waals surface area contributed by atoms with Crippen LogP contribution in [0.25, 0.3) is 0 Å². The van der Waals surface area contributed by atoms with Gasteiger partial charge in [-0.15, -0.1) is 0 Å².